The molecule has 3 aromatic carbocycles. The van der Waals surface area contributed by atoms with Crippen LogP contribution in [-0.4, -0.2) is 36.6 Å². The van der Waals surface area contributed by atoms with Crippen molar-refractivity contribution >= 4 is 51.7 Å². The van der Waals surface area contributed by atoms with E-state index >= 15 is 0 Å². The summed E-state index contributed by atoms with van der Waals surface area (Å²) in [6, 6.07) is 17.0. The predicted octanol–water partition coefficient (Wildman–Crippen LogP) is 5.98. The van der Waals surface area contributed by atoms with Gasteiger partial charge in [-0.2, -0.15) is 0 Å². The van der Waals surface area contributed by atoms with E-state index in [-0.39, 0.29) is 18.4 Å². The zero-order chi connectivity index (χ0) is 28.5. The molecule has 0 saturated heterocycles. The van der Waals surface area contributed by atoms with E-state index in [9.17, 15) is 14.7 Å². The first-order chi connectivity index (χ1) is 19.3. The molecule has 1 aliphatic heterocycles. The second-order valence-corrected chi connectivity index (χ2v) is 10.0. The minimum absolute atomic E-state index is 0.0265. The monoisotopic (exact) mass is 659 g/mol. The SMILES string of the molecule is CCO[C@H](CC/C=C/C(=O)Nc1ccccc1N)[C@H](OC(=O)Nc1ccc2c(c1)OCO2)c1cc(I)ccc1O. The number of rotatable bonds is 11. The van der Waals surface area contributed by atoms with Crippen LogP contribution in [0.4, 0.5) is 21.9 Å². The fourth-order valence-corrected chi connectivity index (χ4v) is 4.62. The molecule has 0 aliphatic carbocycles. The number of anilines is 3. The van der Waals surface area contributed by atoms with E-state index < -0.39 is 18.3 Å². The molecule has 0 aromatic heterocycles. The second kappa shape index (κ2) is 13.9. The lowest BCUT2D eigenvalue weighted by molar-refractivity contribution is -0.111. The van der Waals surface area contributed by atoms with Crippen molar-refractivity contribution in [1.82, 2.24) is 0 Å². The standard InChI is InChI=1S/C29H30IN3O7/c1-2-37-25(9-5-6-10-27(35)33-22-8-4-3-7-21(22)31)28(20-15-18(30)11-13-23(20)34)40-29(36)32-19-12-14-24-26(16-19)39-17-38-24/h3-4,6-8,10-16,25,28,34H,2,5,9,17,31H2,1H3,(H,32,36)(H,33,35)/b10-6+/t25-,28-/m1/s1. The lowest BCUT2D eigenvalue weighted by atomic mass is 9.99. The summed E-state index contributed by atoms with van der Waals surface area (Å²) >= 11 is 2.12. The molecule has 3 aromatic rings. The number of para-hydroxylation sites is 2. The minimum atomic E-state index is -0.935. The van der Waals surface area contributed by atoms with Crippen LogP contribution < -0.4 is 25.8 Å². The number of amides is 2. The molecule has 0 radical (unpaired) electrons. The molecule has 1 heterocycles. The van der Waals surface area contributed by atoms with E-state index in [1.54, 1.807) is 66.7 Å². The summed E-state index contributed by atoms with van der Waals surface area (Å²) in [4.78, 5) is 25.3. The highest BCUT2D eigenvalue weighted by molar-refractivity contribution is 14.1. The predicted molar refractivity (Wildman–Crippen MR) is 160 cm³/mol. The molecule has 0 fully saturated rings. The van der Waals surface area contributed by atoms with Crippen molar-refractivity contribution in [2.75, 3.05) is 29.8 Å². The summed E-state index contributed by atoms with van der Waals surface area (Å²) in [6.07, 6.45) is 1.68. The Bertz CT molecular complexity index is 1380. The van der Waals surface area contributed by atoms with Crippen LogP contribution in [0.1, 0.15) is 31.4 Å². The van der Waals surface area contributed by atoms with Gasteiger partial charge in [0.15, 0.2) is 17.6 Å². The molecule has 0 bridgehead atoms. The van der Waals surface area contributed by atoms with Crippen molar-refractivity contribution in [2.24, 2.45) is 0 Å². The van der Waals surface area contributed by atoms with Gasteiger partial charge in [-0.1, -0.05) is 18.2 Å². The molecule has 4 rings (SSSR count). The van der Waals surface area contributed by atoms with Gasteiger partial charge in [-0.15, -0.1) is 0 Å². The first-order valence-electron chi connectivity index (χ1n) is 12.6. The third-order valence-electron chi connectivity index (χ3n) is 5.97. The Morgan fingerprint density at radius 1 is 1.10 bits per heavy atom. The summed E-state index contributed by atoms with van der Waals surface area (Å²) in [5.41, 5.74) is 7.75. The molecule has 5 N–H and O–H groups in total. The van der Waals surface area contributed by atoms with Crippen molar-refractivity contribution in [2.45, 2.75) is 32.0 Å². The summed E-state index contributed by atoms with van der Waals surface area (Å²) in [5.74, 6) is 0.756. The molecule has 0 unspecified atom stereocenters. The first-order valence-corrected chi connectivity index (χ1v) is 13.7. The largest absolute Gasteiger partial charge is 0.508 e. The van der Waals surface area contributed by atoms with Crippen molar-refractivity contribution < 1.29 is 33.6 Å². The lowest BCUT2D eigenvalue weighted by Gasteiger charge is -2.28. The second-order valence-electron chi connectivity index (χ2n) is 8.77. The number of ether oxygens (including phenoxy) is 4. The number of phenols is 1. The highest BCUT2D eigenvalue weighted by Crippen LogP contribution is 2.36. The minimum Gasteiger partial charge on any atom is -0.508 e. The van der Waals surface area contributed by atoms with Crippen molar-refractivity contribution in [3.63, 3.8) is 0 Å². The number of halogens is 1. The number of nitrogen functional groups attached to an aromatic ring is 1. The molecule has 0 saturated carbocycles. The van der Waals surface area contributed by atoms with E-state index in [0.29, 0.717) is 53.6 Å². The van der Waals surface area contributed by atoms with Crippen LogP contribution in [0.15, 0.2) is 72.8 Å². The molecule has 2 atom stereocenters. The fourth-order valence-electron chi connectivity index (χ4n) is 4.10. The van der Waals surface area contributed by atoms with Crippen molar-refractivity contribution in [3.05, 3.63) is 81.9 Å². The molecule has 10 nitrogen and oxygen atoms in total. The van der Waals surface area contributed by atoms with Gasteiger partial charge >= 0.3 is 6.09 Å². The maximum absolute atomic E-state index is 13.0. The van der Waals surface area contributed by atoms with Crippen LogP contribution in [0.2, 0.25) is 0 Å². The van der Waals surface area contributed by atoms with Crippen LogP contribution in [0, 0.1) is 3.57 Å². The van der Waals surface area contributed by atoms with E-state index in [2.05, 4.69) is 33.2 Å². The van der Waals surface area contributed by atoms with Crippen LogP contribution >= 0.6 is 22.6 Å². The van der Waals surface area contributed by atoms with Gasteiger partial charge in [0, 0.05) is 27.5 Å². The first kappa shape index (κ1) is 29.0. The number of fused-ring (bicyclic) bond motifs is 1. The van der Waals surface area contributed by atoms with Gasteiger partial charge in [0.25, 0.3) is 0 Å². The Balaban J connectivity index is 1.46. The molecule has 210 valence electrons. The summed E-state index contributed by atoms with van der Waals surface area (Å²) < 4.78 is 23.4. The van der Waals surface area contributed by atoms with Crippen molar-refractivity contribution in [3.8, 4) is 17.2 Å². The molecule has 1 aliphatic rings. The van der Waals surface area contributed by atoms with Gasteiger partial charge in [0.1, 0.15) is 5.75 Å². The quantitative estimate of drug-likeness (QED) is 0.112. The van der Waals surface area contributed by atoms with Gasteiger partial charge in [0.05, 0.1) is 17.5 Å². The summed E-state index contributed by atoms with van der Waals surface area (Å²) in [6.45, 7) is 2.29. The van der Waals surface area contributed by atoms with Crippen LogP contribution in [0.5, 0.6) is 17.2 Å². The summed E-state index contributed by atoms with van der Waals surface area (Å²) in [5, 5.41) is 16.1. The van der Waals surface area contributed by atoms with E-state index in [1.165, 1.54) is 6.08 Å². The van der Waals surface area contributed by atoms with Gasteiger partial charge < -0.3 is 35.1 Å². The molecule has 2 amide bonds. The molecule has 40 heavy (non-hydrogen) atoms. The number of carbonyl (C=O) groups excluding carboxylic acids is 2. The molecular weight excluding hydrogens is 629 g/mol. The number of phenolic OH excluding ortho intramolecular Hbond substituents is 1. The highest BCUT2D eigenvalue weighted by Gasteiger charge is 2.30. The normalized spacial score (nSPS) is 13.6. The Kier molecular flexibility index (Phi) is 10.1. The topological polar surface area (TPSA) is 141 Å². The number of nitrogens with one attached hydrogen (secondary N) is 2. The number of benzene rings is 3. The Morgan fingerprint density at radius 3 is 2.70 bits per heavy atom. The third-order valence-corrected chi connectivity index (χ3v) is 6.64. The third kappa shape index (κ3) is 7.79. The van der Waals surface area contributed by atoms with E-state index in [1.807, 2.05) is 6.92 Å². The Hall–Kier alpha value is -3.97. The van der Waals surface area contributed by atoms with Crippen LogP contribution in [-0.2, 0) is 14.3 Å². The number of aromatic hydroxyl groups is 1. The van der Waals surface area contributed by atoms with Gasteiger partial charge in [-0.3, -0.25) is 10.1 Å². The summed E-state index contributed by atoms with van der Waals surface area (Å²) in [7, 11) is 0. The number of nitrogens with two attached hydrogens (primary N) is 1. The maximum atomic E-state index is 13.0. The maximum Gasteiger partial charge on any atom is 0.412 e. The van der Waals surface area contributed by atoms with Crippen LogP contribution in [0.25, 0.3) is 0 Å². The van der Waals surface area contributed by atoms with Gasteiger partial charge in [-0.25, -0.2) is 4.79 Å². The van der Waals surface area contributed by atoms with Crippen LogP contribution in [0.3, 0.4) is 0 Å². The van der Waals surface area contributed by atoms with Crippen molar-refractivity contribution in [1.29, 1.82) is 0 Å². The highest BCUT2D eigenvalue weighted by atomic mass is 127. The number of hydrogen-bond acceptors (Lipinski definition) is 8. The zero-order valence-corrected chi connectivity index (χ0v) is 23.9. The van der Waals surface area contributed by atoms with E-state index in [4.69, 9.17) is 24.7 Å². The van der Waals surface area contributed by atoms with Gasteiger partial charge in [0.2, 0.25) is 12.7 Å². The average molecular weight is 659 g/mol. The number of allylic oxidation sites excluding steroid dienone is 1. The molecular formula is C29H30IN3O7. The van der Waals surface area contributed by atoms with E-state index in [0.717, 1.165) is 3.57 Å². The van der Waals surface area contributed by atoms with Gasteiger partial charge in [-0.05, 0) is 90.9 Å². The molecule has 0 spiro atoms. The lowest BCUT2D eigenvalue weighted by Crippen LogP contribution is -2.29. The molecule has 11 heteroatoms. The Labute approximate surface area is 245 Å². The average Bonchev–Trinajstić information content (AvgIpc) is 3.40. The number of carbonyl (C=O) groups is 2. The zero-order valence-electron chi connectivity index (χ0n) is 21.8. The Morgan fingerprint density at radius 2 is 1.90 bits per heavy atom. The smallest absolute Gasteiger partial charge is 0.412 e. The number of hydrogen-bond donors (Lipinski definition) is 4. The fraction of sp³-hybridized carbons (Fsp3) is 0.241.